The smallest absolute Gasteiger partial charge is 0.335 e. The molecular weight excluding hydrogens is 438 g/mol. The van der Waals surface area contributed by atoms with Crippen molar-refractivity contribution in [3.05, 3.63) is 86.6 Å². The third kappa shape index (κ3) is 3.77. The molecule has 160 valence electrons. The van der Waals surface area contributed by atoms with Gasteiger partial charge in [-0.05, 0) is 42.8 Å². The van der Waals surface area contributed by atoms with Crippen LogP contribution in [0, 0.1) is 17.0 Å². The highest BCUT2D eigenvalue weighted by molar-refractivity contribution is 6.39. The molecule has 0 saturated carbocycles. The van der Waals surface area contributed by atoms with Crippen LogP contribution in [0.25, 0.3) is 17.4 Å². The quantitative estimate of drug-likeness (QED) is 0.270. The number of furan rings is 1. The maximum absolute atomic E-state index is 13.0. The van der Waals surface area contributed by atoms with Crippen molar-refractivity contribution in [2.24, 2.45) is 0 Å². The molecule has 9 nitrogen and oxygen atoms in total. The molecule has 32 heavy (non-hydrogen) atoms. The van der Waals surface area contributed by atoms with Crippen molar-refractivity contribution in [1.29, 1.82) is 0 Å². The summed E-state index contributed by atoms with van der Waals surface area (Å²) in [6.07, 6.45) is 1.21. The summed E-state index contributed by atoms with van der Waals surface area (Å²) in [5.74, 6) is -1.24. The van der Waals surface area contributed by atoms with Crippen molar-refractivity contribution in [3.63, 3.8) is 0 Å². The summed E-state index contributed by atoms with van der Waals surface area (Å²) in [6.45, 7) is 1.65. The molecule has 1 aliphatic rings. The van der Waals surface area contributed by atoms with Gasteiger partial charge in [0.25, 0.3) is 17.5 Å². The maximum atomic E-state index is 13.0. The number of urea groups is 1. The van der Waals surface area contributed by atoms with E-state index in [9.17, 15) is 24.5 Å². The van der Waals surface area contributed by atoms with Gasteiger partial charge in [-0.3, -0.25) is 25.0 Å². The first kappa shape index (κ1) is 21.0. The second-order valence-corrected chi connectivity index (χ2v) is 7.26. The van der Waals surface area contributed by atoms with Crippen molar-refractivity contribution in [1.82, 2.24) is 5.32 Å². The molecule has 0 aliphatic carbocycles. The minimum absolute atomic E-state index is 0.105. The second-order valence-electron chi connectivity index (χ2n) is 6.85. The fourth-order valence-corrected chi connectivity index (χ4v) is 3.38. The van der Waals surface area contributed by atoms with E-state index in [1.807, 2.05) is 0 Å². The van der Waals surface area contributed by atoms with Crippen LogP contribution in [0.5, 0.6) is 0 Å². The van der Waals surface area contributed by atoms with E-state index in [1.165, 1.54) is 30.3 Å². The first-order valence-electron chi connectivity index (χ1n) is 9.27. The van der Waals surface area contributed by atoms with Crippen molar-refractivity contribution in [2.45, 2.75) is 6.92 Å². The highest BCUT2D eigenvalue weighted by atomic mass is 35.5. The third-order valence-electron chi connectivity index (χ3n) is 4.84. The van der Waals surface area contributed by atoms with E-state index < -0.39 is 22.8 Å². The van der Waals surface area contributed by atoms with Crippen molar-refractivity contribution in [2.75, 3.05) is 4.90 Å². The zero-order valence-electron chi connectivity index (χ0n) is 16.5. The Kier molecular flexibility index (Phi) is 5.33. The summed E-state index contributed by atoms with van der Waals surface area (Å²) >= 11 is 6.11. The number of nitro benzene ring substituents is 1. The Morgan fingerprint density at radius 1 is 1.09 bits per heavy atom. The van der Waals surface area contributed by atoms with Crippen LogP contribution in [0.4, 0.5) is 16.2 Å². The summed E-state index contributed by atoms with van der Waals surface area (Å²) in [5, 5.41) is 13.5. The molecule has 0 bridgehead atoms. The Morgan fingerprint density at radius 3 is 2.59 bits per heavy atom. The van der Waals surface area contributed by atoms with Gasteiger partial charge in [0.05, 0.1) is 10.6 Å². The SMILES string of the molecule is Cc1c(Cl)cccc1N1C(=O)NC(=O)/C(=C\c2ccc(-c3cccc([N+](=O)[O-])c3)o2)C1=O. The topological polar surface area (TPSA) is 123 Å². The van der Waals surface area contributed by atoms with Crippen LogP contribution in [0.2, 0.25) is 5.02 Å². The highest BCUT2D eigenvalue weighted by Gasteiger charge is 2.37. The zero-order chi connectivity index (χ0) is 23.0. The summed E-state index contributed by atoms with van der Waals surface area (Å²) in [4.78, 5) is 49.1. The van der Waals surface area contributed by atoms with Crippen LogP contribution in [0.1, 0.15) is 11.3 Å². The average Bonchev–Trinajstić information content (AvgIpc) is 3.23. The molecule has 2 aromatic carbocycles. The number of anilines is 1. The minimum atomic E-state index is -0.890. The molecule has 0 spiro atoms. The third-order valence-corrected chi connectivity index (χ3v) is 5.25. The Bertz CT molecular complexity index is 1330. The molecular formula is C22H14ClN3O6. The lowest BCUT2D eigenvalue weighted by molar-refractivity contribution is -0.384. The van der Waals surface area contributed by atoms with E-state index in [0.717, 1.165) is 4.90 Å². The normalized spacial score (nSPS) is 15.2. The van der Waals surface area contributed by atoms with Gasteiger partial charge in [0.15, 0.2) is 0 Å². The fourth-order valence-electron chi connectivity index (χ4n) is 3.22. The summed E-state index contributed by atoms with van der Waals surface area (Å²) in [7, 11) is 0. The van der Waals surface area contributed by atoms with Gasteiger partial charge in [0.2, 0.25) is 0 Å². The molecule has 1 N–H and O–H groups in total. The van der Waals surface area contributed by atoms with Gasteiger partial charge in [-0.2, -0.15) is 0 Å². The number of non-ortho nitro benzene ring substituents is 1. The lowest BCUT2D eigenvalue weighted by atomic mass is 10.1. The minimum Gasteiger partial charge on any atom is -0.457 e. The number of hydrogen-bond donors (Lipinski definition) is 1. The molecule has 1 fully saturated rings. The first-order valence-corrected chi connectivity index (χ1v) is 9.65. The molecule has 3 aromatic rings. The maximum Gasteiger partial charge on any atom is 0.335 e. The number of benzene rings is 2. The van der Waals surface area contributed by atoms with Crippen LogP contribution in [0.15, 0.2) is 64.6 Å². The van der Waals surface area contributed by atoms with E-state index in [0.29, 0.717) is 21.9 Å². The molecule has 1 saturated heterocycles. The van der Waals surface area contributed by atoms with Crippen LogP contribution in [-0.4, -0.2) is 22.8 Å². The van der Waals surface area contributed by atoms with E-state index in [2.05, 4.69) is 5.32 Å². The number of halogens is 1. The molecule has 0 atom stereocenters. The van der Waals surface area contributed by atoms with E-state index in [4.69, 9.17) is 16.0 Å². The van der Waals surface area contributed by atoms with E-state index in [-0.39, 0.29) is 22.7 Å². The van der Waals surface area contributed by atoms with E-state index in [1.54, 1.807) is 37.3 Å². The Labute approximate surface area is 186 Å². The van der Waals surface area contributed by atoms with Crippen LogP contribution < -0.4 is 10.2 Å². The predicted molar refractivity (Wildman–Crippen MR) is 116 cm³/mol. The number of nitrogens with one attached hydrogen (secondary N) is 1. The van der Waals surface area contributed by atoms with Crippen LogP contribution >= 0.6 is 11.6 Å². The lowest BCUT2D eigenvalue weighted by Gasteiger charge is -2.27. The predicted octanol–water partition coefficient (Wildman–Crippen LogP) is 4.48. The second kappa shape index (κ2) is 8.12. The Balaban J connectivity index is 1.69. The number of hydrogen-bond acceptors (Lipinski definition) is 6. The van der Waals surface area contributed by atoms with Gasteiger partial charge in [-0.25, -0.2) is 9.69 Å². The zero-order valence-corrected chi connectivity index (χ0v) is 17.3. The number of amides is 4. The molecule has 2 heterocycles. The van der Waals surface area contributed by atoms with Crippen molar-refractivity contribution in [3.8, 4) is 11.3 Å². The number of nitro groups is 1. The van der Waals surface area contributed by atoms with Crippen molar-refractivity contribution >= 4 is 46.9 Å². The molecule has 4 rings (SSSR count). The number of rotatable bonds is 4. The number of barbiturate groups is 1. The fraction of sp³-hybridized carbons (Fsp3) is 0.0455. The highest BCUT2D eigenvalue weighted by Crippen LogP contribution is 2.30. The summed E-state index contributed by atoms with van der Waals surface area (Å²) < 4.78 is 5.66. The largest absolute Gasteiger partial charge is 0.457 e. The Morgan fingerprint density at radius 2 is 1.84 bits per heavy atom. The Hall–Kier alpha value is -4.24. The van der Waals surface area contributed by atoms with Gasteiger partial charge in [-0.1, -0.05) is 29.8 Å². The first-order chi connectivity index (χ1) is 15.3. The average molecular weight is 452 g/mol. The number of carbonyl (C=O) groups is 3. The number of nitrogens with zero attached hydrogens (tertiary/aromatic N) is 2. The van der Waals surface area contributed by atoms with Crippen LogP contribution in [0.3, 0.4) is 0 Å². The molecule has 1 aliphatic heterocycles. The standard InChI is InChI=1S/C22H14ClN3O6/c1-12-17(23)6-3-7-18(12)25-21(28)16(20(27)24-22(25)29)11-15-8-9-19(32-15)13-4-2-5-14(10-13)26(30)31/h2-11H,1H3,(H,24,27,29)/b16-11+. The van der Waals surface area contributed by atoms with Crippen molar-refractivity contribution < 1.29 is 23.7 Å². The van der Waals surface area contributed by atoms with Gasteiger partial charge in [0, 0.05) is 22.7 Å². The van der Waals surface area contributed by atoms with Gasteiger partial charge in [0.1, 0.15) is 17.1 Å². The molecule has 1 aromatic heterocycles. The molecule has 4 amide bonds. The van der Waals surface area contributed by atoms with E-state index >= 15 is 0 Å². The number of imide groups is 2. The van der Waals surface area contributed by atoms with Gasteiger partial charge in [-0.15, -0.1) is 0 Å². The summed E-state index contributed by atoms with van der Waals surface area (Å²) in [5.41, 5.74) is 0.776. The molecule has 0 unspecified atom stereocenters. The van der Waals surface area contributed by atoms with Crippen LogP contribution in [-0.2, 0) is 9.59 Å². The van der Waals surface area contributed by atoms with Gasteiger partial charge >= 0.3 is 6.03 Å². The molecule has 10 heteroatoms. The van der Waals surface area contributed by atoms with Gasteiger partial charge < -0.3 is 4.42 Å². The summed E-state index contributed by atoms with van der Waals surface area (Å²) in [6, 6.07) is 12.8. The number of carbonyl (C=O) groups excluding carboxylic acids is 3. The monoisotopic (exact) mass is 451 g/mol. The lowest BCUT2D eigenvalue weighted by Crippen LogP contribution is -2.54. The molecule has 0 radical (unpaired) electrons.